The van der Waals surface area contributed by atoms with Crippen molar-refractivity contribution in [1.82, 2.24) is 15.1 Å². The highest BCUT2D eigenvalue weighted by molar-refractivity contribution is 7.94. The highest BCUT2D eigenvalue weighted by Crippen LogP contribution is 2.35. The highest BCUT2D eigenvalue weighted by atomic mass is 35.5. The largest absolute Gasteiger partial charge is 0.496 e. The van der Waals surface area contributed by atoms with Gasteiger partial charge >= 0.3 is 0 Å². The maximum atomic E-state index is 13.0. The van der Waals surface area contributed by atoms with Crippen LogP contribution in [0, 0.1) is 0 Å². The molecule has 36 heavy (non-hydrogen) atoms. The summed E-state index contributed by atoms with van der Waals surface area (Å²) < 4.78 is 36.2. The molecule has 9 nitrogen and oxygen atoms in total. The van der Waals surface area contributed by atoms with Crippen molar-refractivity contribution in [3.63, 3.8) is 0 Å². The fourth-order valence-corrected chi connectivity index (χ4v) is 6.40. The van der Waals surface area contributed by atoms with Crippen molar-refractivity contribution >= 4 is 55.6 Å². The predicted molar refractivity (Wildman–Crippen MR) is 140 cm³/mol. The molecule has 12 heteroatoms. The van der Waals surface area contributed by atoms with Crippen LogP contribution < -0.4 is 20.5 Å². The zero-order chi connectivity index (χ0) is 25.5. The number of ether oxygens (including phenoxy) is 1. The van der Waals surface area contributed by atoms with Crippen LogP contribution in [0.1, 0.15) is 24.0 Å². The molecule has 188 valence electrons. The van der Waals surface area contributed by atoms with Gasteiger partial charge in [-0.25, -0.2) is 8.42 Å². The molecule has 0 spiro atoms. The Labute approximate surface area is 217 Å². The number of halogens is 1. The zero-order valence-corrected chi connectivity index (χ0v) is 21.7. The molecule has 0 aliphatic heterocycles. The van der Waals surface area contributed by atoms with E-state index >= 15 is 0 Å². The summed E-state index contributed by atoms with van der Waals surface area (Å²) in [5, 5.41) is 8.03. The fourth-order valence-electron chi connectivity index (χ4n) is 3.91. The average molecular weight is 546 g/mol. The number of rotatable bonds is 9. The van der Waals surface area contributed by atoms with Crippen LogP contribution >= 0.6 is 22.9 Å². The lowest BCUT2D eigenvalue weighted by atomic mass is 10.1. The van der Waals surface area contributed by atoms with Gasteiger partial charge in [0.15, 0.2) is 5.82 Å². The average Bonchev–Trinajstić information content (AvgIpc) is 3.30. The minimum Gasteiger partial charge on any atom is -0.496 e. The summed E-state index contributed by atoms with van der Waals surface area (Å²) >= 11 is 6.91. The van der Waals surface area contributed by atoms with Crippen LogP contribution in [-0.2, 0) is 27.9 Å². The molecule has 4 N–H and O–H groups in total. The summed E-state index contributed by atoms with van der Waals surface area (Å²) in [4.78, 5) is 12.2. The molecule has 4 aromatic rings. The van der Waals surface area contributed by atoms with Crippen molar-refractivity contribution in [1.29, 1.82) is 0 Å². The lowest BCUT2D eigenvalue weighted by Crippen LogP contribution is -2.42. The van der Waals surface area contributed by atoms with Crippen LogP contribution in [0.5, 0.6) is 5.75 Å². The Morgan fingerprint density at radius 3 is 2.64 bits per heavy atom. The van der Waals surface area contributed by atoms with Crippen LogP contribution in [-0.4, -0.2) is 36.8 Å². The number of methoxy groups -OCH3 is 1. The summed E-state index contributed by atoms with van der Waals surface area (Å²) in [5.74, 6) is 0.517. The summed E-state index contributed by atoms with van der Waals surface area (Å²) in [6.45, 7) is 0.743. The molecule has 1 amide bonds. The quantitative estimate of drug-likeness (QED) is 0.294. The van der Waals surface area contributed by atoms with Gasteiger partial charge in [0.2, 0.25) is 5.91 Å². The van der Waals surface area contributed by atoms with Gasteiger partial charge in [-0.15, -0.1) is 11.3 Å². The molecule has 1 saturated carbocycles. The van der Waals surface area contributed by atoms with E-state index in [9.17, 15) is 13.2 Å². The topological polar surface area (TPSA) is 128 Å². The Balaban J connectivity index is 1.44. The smallest absolute Gasteiger partial charge is 0.272 e. The molecule has 5 rings (SSSR count). The van der Waals surface area contributed by atoms with Crippen molar-refractivity contribution in [2.75, 3.05) is 11.8 Å². The number of anilines is 1. The van der Waals surface area contributed by atoms with Crippen LogP contribution in [0.3, 0.4) is 0 Å². The standard InChI is InChI=1S/C24H24ClN5O4S2/c1-34-18-7-3-6-17-21(18)22(29-36(32,33)20-9-8-19(25)35-20)28-30(17)14-16-5-2-4-15(12-16)13-27-23(31)24(26)10-11-24/h2-9,12H,10-11,13-14,26H2,1H3,(H,27,31)(H,28,29). The van der Waals surface area contributed by atoms with E-state index in [-0.39, 0.29) is 15.9 Å². The Morgan fingerprint density at radius 2 is 1.94 bits per heavy atom. The van der Waals surface area contributed by atoms with Gasteiger partial charge in [-0.2, -0.15) is 5.10 Å². The number of hydrogen-bond donors (Lipinski definition) is 3. The number of nitrogens with one attached hydrogen (secondary N) is 2. The van der Waals surface area contributed by atoms with Gasteiger partial charge in [-0.1, -0.05) is 41.9 Å². The first-order chi connectivity index (χ1) is 17.2. The third-order valence-electron chi connectivity index (χ3n) is 6.02. The normalized spacial score (nSPS) is 14.5. The molecule has 1 aliphatic rings. The van der Waals surface area contributed by atoms with E-state index in [1.807, 2.05) is 36.4 Å². The number of sulfonamides is 1. The molecule has 2 aromatic carbocycles. The first-order valence-corrected chi connectivity index (χ1v) is 13.8. The van der Waals surface area contributed by atoms with Gasteiger partial charge in [0.25, 0.3) is 10.0 Å². The van der Waals surface area contributed by atoms with Crippen LogP contribution in [0.4, 0.5) is 5.82 Å². The molecule has 0 saturated heterocycles. The second kappa shape index (κ2) is 9.40. The van der Waals surface area contributed by atoms with E-state index in [1.165, 1.54) is 19.2 Å². The van der Waals surface area contributed by atoms with Crippen molar-refractivity contribution < 1.29 is 17.9 Å². The Hall–Kier alpha value is -3.12. The number of carbonyl (C=O) groups excluding carboxylic acids is 1. The highest BCUT2D eigenvalue weighted by Gasteiger charge is 2.45. The molecule has 2 aromatic heterocycles. The molecule has 0 radical (unpaired) electrons. The molecular weight excluding hydrogens is 522 g/mol. The number of nitrogens with two attached hydrogens (primary N) is 1. The lowest BCUT2D eigenvalue weighted by molar-refractivity contribution is -0.123. The first kappa shape index (κ1) is 24.6. The summed E-state index contributed by atoms with van der Waals surface area (Å²) in [5.41, 5.74) is 7.80. The first-order valence-electron chi connectivity index (χ1n) is 11.2. The molecule has 0 atom stereocenters. The van der Waals surface area contributed by atoms with Crippen molar-refractivity contribution in [2.24, 2.45) is 5.73 Å². The minimum absolute atomic E-state index is 0.0882. The van der Waals surface area contributed by atoms with E-state index in [0.29, 0.717) is 46.9 Å². The second-order valence-corrected chi connectivity index (χ2v) is 12.3. The Bertz CT molecular complexity index is 1560. The van der Waals surface area contributed by atoms with Crippen LogP contribution in [0.2, 0.25) is 4.34 Å². The van der Waals surface area contributed by atoms with Gasteiger partial charge in [0.05, 0.1) is 34.4 Å². The Morgan fingerprint density at radius 1 is 1.19 bits per heavy atom. The maximum Gasteiger partial charge on any atom is 0.272 e. The summed E-state index contributed by atoms with van der Waals surface area (Å²) in [6.07, 6.45) is 1.42. The van der Waals surface area contributed by atoms with Gasteiger partial charge in [-0.05, 0) is 48.2 Å². The van der Waals surface area contributed by atoms with Crippen molar-refractivity contribution in [3.8, 4) is 5.75 Å². The van der Waals surface area contributed by atoms with E-state index in [1.54, 1.807) is 10.7 Å². The lowest BCUT2D eigenvalue weighted by Gasteiger charge is -2.11. The molecule has 0 unspecified atom stereocenters. The molecule has 0 bridgehead atoms. The monoisotopic (exact) mass is 545 g/mol. The van der Waals surface area contributed by atoms with Crippen LogP contribution in [0.15, 0.2) is 58.8 Å². The molecular formula is C24H24ClN5O4S2. The fraction of sp³-hybridized carbons (Fsp3) is 0.250. The molecule has 2 heterocycles. The SMILES string of the molecule is COc1cccc2c1c(NS(=O)(=O)c1ccc(Cl)s1)nn2Cc1cccc(CNC(=O)C2(N)CC2)c1. The van der Waals surface area contributed by atoms with Gasteiger partial charge in [-0.3, -0.25) is 14.2 Å². The van der Waals surface area contributed by atoms with E-state index in [4.69, 9.17) is 22.1 Å². The number of nitrogens with zero attached hydrogens (tertiary/aromatic N) is 2. The second-order valence-electron chi connectivity index (χ2n) is 8.68. The zero-order valence-electron chi connectivity index (χ0n) is 19.3. The number of carbonyl (C=O) groups is 1. The van der Waals surface area contributed by atoms with Crippen LogP contribution in [0.25, 0.3) is 10.9 Å². The predicted octanol–water partition coefficient (Wildman–Crippen LogP) is 3.72. The summed E-state index contributed by atoms with van der Waals surface area (Å²) in [7, 11) is -2.37. The van der Waals surface area contributed by atoms with E-state index in [0.717, 1.165) is 22.5 Å². The van der Waals surface area contributed by atoms with E-state index < -0.39 is 15.6 Å². The van der Waals surface area contributed by atoms with Gasteiger partial charge < -0.3 is 15.8 Å². The third-order valence-corrected chi connectivity index (χ3v) is 9.08. The summed E-state index contributed by atoms with van der Waals surface area (Å²) in [6, 6.07) is 16.2. The molecule has 1 aliphatic carbocycles. The van der Waals surface area contributed by atoms with Gasteiger partial charge in [0, 0.05) is 6.54 Å². The number of amides is 1. The number of aromatic nitrogens is 2. The number of fused-ring (bicyclic) bond motifs is 1. The third kappa shape index (κ3) is 4.92. The minimum atomic E-state index is -3.90. The number of thiophene rings is 1. The number of benzene rings is 2. The van der Waals surface area contributed by atoms with Gasteiger partial charge in [0.1, 0.15) is 9.96 Å². The van der Waals surface area contributed by atoms with Crippen molar-refractivity contribution in [2.45, 2.75) is 35.7 Å². The number of hydrogen-bond acceptors (Lipinski definition) is 7. The Kier molecular flexibility index (Phi) is 6.41. The molecule has 1 fully saturated rings. The van der Waals surface area contributed by atoms with E-state index in [2.05, 4.69) is 15.1 Å². The van der Waals surface area contributed by atoms with Crippen molar-refractivity contribution in [3.05, 3.63) is 70.1 Å². The maximum absolute atomic E-state index is 13.0.